The first-order valence-electron chi connectivity index (χ1n) is 9.23. The van der Waals surface area contributed by atoms with E-state index >= 15 is 0 Å². The van der Waals surface area contributed by atoms with Crippen molar-refractivity contribution in [2.45, 2.75) is 51.0 Å². The Bertz CT molecular complexity index is 559. The van der Waals surface area contributed by atoms with Gasteiger partial charge in [-0.2, -0.15) is 0 Å². The summed E-state index contributed by atoms with van der Waals surface area (Å²) in [5.74, 6) is 0.623. The van der Waals surface area contributed by atoms with E-state index in [4.69, 9.17) is 15.2 Å². The van der Waals surface area contributed by atoms with Crippen LogP contribution in [0.15, 0.2) is 24.4 Å². The molecular formula is C20H30N2O2. The monoisotopic (exact) mass is 330 g/mol. The van der Waals surface area contributed by atoms with E-state index in [0.29, 0.717) is 12.0 Å². The molecule has 1 unspecified atom stereocenters. The van der Waals surface area contributed by atoms with E-state index in [1.165, 1.54) is 24.0 Å². The van der Waals surface area contributed by atoms with Crippen LogP contribution in [-0.4, -0.2) is 32.5 Å². The van der Waals surface area contributed by atoms with Crippen molar-refractivity contribution in [3.05, 3.63) is 41.1 Å². The average Bonchev–Trinajstić information content (AvgIpc) is 2.63. The Balaban J connectivity index is 1.59. The van der Waals surface area contributed by atoms with Gasteiger partial charge in [0, 0.05) is 38.1 Å². The maximum absolute atomic E-state index is 6.28. The van der Waals surface area contributed by atoms with Crippen LogP contribution in [0.25, 0.3) is 5.70 Å². The van der Waals surface area contributed by atoms with Crippen LogP contribution in [0.2, 0.25) is 0 Å². The fourth-order valence-corrected chi connectivity index (χ4v) is 3.64. The Morgan fingerprint density at radius 1 is 1.21 bits per heavy atom. The fourth-order valence-electron chi connectivity index (χ4n) is 3.64. The third-order valence-electron chi connectivity index (χ3n) is 5.13. The number of nitrogens with one attached hydrogen (secondary N) is 1. The maximum atomic E-state index is 6.28. The summed E-state index contributed by atoms with van der Waals surface area (Å²) in [7, 11) is 0. The molecule has 3 N–H and O–H groups in total. The van der Waals surface area contributed by atoms with E-state index in [-0.39, 0.29) is 0 Å². The number of aryl methyl sites for hydroxylation is 1. The molecule has 3 rings (SSSR count). The van der Waals surface area contributed by atoms with Gasteiger partial charge in [-0.3, -0.25) is 0 Å². The van der Waals surface area contributed by atoms with Gasteiger partial charge in [0.2, 0.25) is 0 Å². The molecule has 4 heteroatoms. The summed E-state index contributed by atoms with van der Waals surface area (Å²) in [6, 6.07) is 6.67. The second-order valence-corrected chi connectivity index (χ2v) is 6.96. The molecule has 0 radical (unpaired) electrons. The van der Waals surface area contributed by atoms with Gasteiger partial charge in [0.25, 0.3) is 0 Å². The van der Waals surface area contributed by atoms with Crippen molar-refractivity contribution >= 4 is 5.70 Å². The molecule has 0 bridgehead atoms. The second-order valence-electron chi connectivity index (χ2n) is 6.96. The van der Waals surface area contributed by atoms with Gasteiger partial charge in [0.05, 0.1) is 11.8 Å². The fraction of sp³-hybridized carbons (Fsp3) is 0.600. The third kappa shape index (κ3) is 4.52. The Hall–Kier alpha value is -1.52. The van der Waals surface area contributed by atoms with Crippen LogP contribution in [0.5, 0.6) is 0 Å². The Morgan fingerprint density at radius 3 is 2.75 bits per heavy atom. The predicted octanol–water partition coefficient (Wildman–Crippen LogP) is 3.30. The minimum atomic E-state index is 0.319. The maximum Gasteiger partial charge on any atom is 0.0747 e. The summed E-state index contributed by atoms with van der Waals surface area (Å²) < 4.78 is 11.2. The van der Waals surface area contributed by atoms with Gasteiger partial charge in [-0.15, -0.1) is 0 Å². The molecule has 2 fully saturated rings. The summed E-state index contributed by atoms with van der Waals surface area (Å²) in [6.07, 6.45) is 8.07. The molecule has 2 aliphatic rings. The lowest BCUT2D eigenvalue weighted by Crippen LogP contribution is -2.29. The quantitative estimate of drug-likeness (QED) is 0.870. The number of ether oxygens (including phenoxy) is 2. The SMILES string of the molecule is Cc1cc(C2CCOCC2)ccc1/C(N)=C/NCC1CCCCO1. The Morgan fingerprint density at radius 2 is 2.04 bits per heavy atom. The van der Waals surface area contributed by atoms with Gasteiger partial charge in [-0.05, 0) is 56.1 Å². The van der Waals surface area contributed by atoms with Crippen molar-refractivity contribution in [3.8, 4) is 0 Å². The zero-order valence-electron chi connectivity index (χ0n) is 14.7. The molecule has 2 heterocycles. The van der Waals surface area contributed by atoms with Gasteiger partial charge in [0.15, 0.2) is 0 Å². The third-order valence-corrected chi connectivity index (χ3v) is 5.13. The summed E-state index contributed by atoms with van der Waals surface area (Å²) in [5, 5.41) is 3.33. The Labute approximate surface area is 145 Å². The molecule has 0 aromatic heterocycles. The number of hydrogen-bond donors (Lipinski definition) is 2. The zero-order valence-corrected chi connectivity index (χ0v) is 14.7. The molecule has 24 heavy (non-hydrogen) atoms. The van der Waals surface area contributed by atoms with Crippen molar-refractivity contribution in [2.75, 3.05) is 26.4 Å². The van der Waals surface area contributed by atoms with Gasteiger partial charge in [-0.25, -0.2) is 0 Å². The van der Waals surface area contributed by atoms with Crippen molar-refractivity contribution in [3.63, 3.8) is 0 Å². The highest BCUT2D eigenvalue weighted by Crippen LogP contribution is 2.29. The highest BCUT2D eigenvalue weighted by molar-refractivity contribution is 5.65. The van der Waals surface area contributed by atoms with Crippen molar-refractivity contribution in [1.82, 2.24) is 5.32 Å². The van der Waals surface area contributed by atoms with Gasteiger partial charge >= 0.3 is 0 Å². The summed E-state index contributed by atoms with van der Waals surface area (Å²) in [6.45, 7) is 5.61. The summed E-state index contributed by atoms with van der Waals surface area (Å²) in [4.78, 5) is 0. The first-order chi connectivity index (χ1) is 11.7. The minimum Gasteiger partial charge on any atom is -0.397 e. The van der Waals surface area contributed by atoms with Gasteiger partial charge < -0.3 is 20.5 Å². The highest BCUT2D eigenvalue weighted by atomic mass is 16.5. The van der Waals surface area contributed by atoms with E-state index in [0.717, 1.165) is 56.9 Å². The largest absolute Gasteiger partial charge is 0.397 e. The molecule has 0 spiro atoms. The molecular weight excluding hydrogens is 300 g/mol. The number of benzene rings is 1. The Kier molecular flexibility index (Phi) is 6.16. The number of rotatable bonds is 5. The van der Waals surface area contributed by atoms with Crippen LogP contribution in [0, 0.1) is 6.92 Å². The molecule has 132 valence electrons. The van der Waals surface area contributed by atoms with Gasteiger partial charge in [0.1, 0.15) is 0 Å². The van der Waals surface area contributed by atoms with Crippen molar-refractivity contribution in [2.24, 2.45) is 5.73 Å². The van der Waals surface area contributed by atoms with E-state index in [1.807, 2.05) is 6.20 Å². The molecule has 1 atom stereocenters. The zero-order chi connectivity index (χ0) is 16.8. The lowest BCUT2D eigenvalue weighted by Gasteiger charge is -2.23. The summed E-state index contributed by atoms with van der Waals surface area (Å²) in [5.41, 5.74) is 10.8. The van der Waals surface area contributed by atoms with Crippen LogP contribution < -0.4 is 11.1 Å². The lowest BCUT2D eigenvalue weighted by atomic mass is 9.89. The number of hydrogen-bond acceptors (Lipinski definition) is 4. The van der Waals surface area contributed by atoms with Crippen LogP contribution >= 0.6 is 0 Å². The van der Waals surface area contributed by atoms with Crippen LogP contribution in [-0.2, 0) is 9.47 Å². The average molecular weight is 330 g/mol. The van der Waals surface area contributed by atoms with Gasteiger partial charge in [-0.1, -0.05) is 18.2 Å². The molecule has 1 aromatic carbocycles. The van der Waals surface area contributed by atoms with Crippen LogP contribution in [0.4, 0.5) is 0 Å². The standard InChI is InChI=1S/C20H30N2O2/c1-15-12-17(16-7-10-23-11-8-16)5-6-19(15)20(21)14-22-13-18-4-2-3-9-24-18/h5-6,12,14,16,18,22H,2-4,7-11,13,21H2,1H3/b20-14-. The minimum absolute atomic E-state index is 0.319. The van der Waals surface area contributed by atoms with E-state index in [1.54, 1.807) is 0 Å². The van der Waals surface area contributed by atoms with Crippen LogP contribution in [0.1, 0.15) is 54.7 Å². The van der Waals surface area contributed by atoms with E-state index in [9.17, 15) is 0 Å². The molecule has 2 aliphatic heterocycles. The molecule has 2 saturated heterocycles. The first kappa shape index (κ1) is 17.3. The highest BCUT2D eigenvalue weighted by Gasteiger charge is 2.17. The molecule has 0 amide bonds. The summed E-state index contributed by atoms with van der Waals surface area (Å²) >= 11 is 0. The van der Waals surface area contributed by atoms with Crippen molar-refractivity contribution < 1.29 is 9.47 Å². The van der Waals surface area contributed by atoms with Crippen LogP contribution in [0.3, 0.4) is 0 Å². The second kappa shape index (κ2) is 8.54. The first-order valence-corrected chi connectivity index (χ1v) is 9.23. The topological polar surface area (TPSA) is 56.5 Å². The normalized spacial score (nSPS) is 23.2. The smallest absolute Gasteiger partial charge is 0.0747 e. The molecule has 0 aliphatic carbocycles. The molecule has 1 aromatic rings. The lowest BCUT2D eigenvalue weighted by molar-refractivity contribution is 0.0188. The predicted molar refractivity (Wildman–Crippen MR) is 97.7 cm³/mol. The molecule has 0 saturated carbocycles. The van der Waals surface area contributed by atoms with E-state index < -0.39 is 0 Å². The van der Waals surface area contributed by atoms with E-state index in [2.05, 4.69) is 30.4 Å². The number of nitrogens with two attached hydrogens (primary N) is 1. The van der Waals surface area contributed by atoms with Crippen molar-refractivity contribution in [1.29, 1.82) is 0 Å². The molecule has 4 nitrogen and oxygen atoms in total.